The first-order valence-corrected chi connectivity index (χ1v) is 11.2. The first-order valence-electron chi connectivity index (χ1n) is 10.9. The predicted octanol–water partition coefficient (Wildman–Crippen LogP) is 5.28. The molecule has 4 nitrogen and oxygen atoms in total. The Morgan fingerprint density at radius 3 is 2.67 bits per heavy atom. The Morgan fingerprint density at radius 2 is 1.93 bits per heavy atom. The summed E-state index contributed by atoms with van der Waals surface area (Å²) in [5.74, 6) is 1.13. The fourth-order valence-corrected chi connectivity index (χ4v) is 4.79. The monoisotopic (exact) mass is 426 g/mol. The largest absolute Gasteiger partial charge is 0.487 e. The van der Waals surface area contributed by atoms with Crippen molar-refractivity contribution in [3.63, 3.8) is 0 Å². The van der Waals surface area contributed by atoms with E-state index < -0.39 is 0 Å². The topological polar surface area (TPSA) is 41.6 Å². The number of aryl methyl sites for hydroxylation is 1. The summed E-state index contributed by atoms with van der Waals surface area (Å²) >= 11 is 6.30. The van der Waals surface area contributed by atoms with Crippen molar-refractivity contribution in [3.8, 4) is 5.75 Å². The number of carbonyl (C=O) groups is 1. The predicted molar refractivity (Wildman–Crippen MR) is 121 cm³/mol. The zero-order chi connectivity index (χ0) is 21.3. The number of nitrogens with one attached hydrogen (secondary N) is 1. The van der Waals surface area contributed by atoms with E-state index in [0.29, 0.717) is 0 Å². The van der Waals surface area contributed by atoms with E-state index in [2.05, 4.69) is 55.3 Å². The standard InChI is InChI=1S/C25H31ClN2O2/c1-17-8-9-20-22(15-25(2,3)30-23(20)14-17)27-24(29)18-10-12-28(13-11-18)16-19-6-4-5-7-21(19)26/h4-9,14,18,22H,10-13,15-16H2,1-3H3,(H,27,29). The van der Waals surface area contributed by atoms with Crippen LogP contribution in [0.5, 0.6) is 5.75 Å². The van der Waals surface area contributed by atoms with Crippen LogP contribution in [0.15, 0.2) is 42.5 Å². The van der Waals surface area contributed by atoms with Gasteiger partial charge in [0.1, 0.15) is 11.4 Å². The van der Waals surface area contributed by atoms with Gasteiger partial charge >= 0.3 is 0 Å². The fourth-order valence-electron chi connectivity index (χ4n) is 4.60. The molecule has 2 aromatic carbocycles. The molecule has 0 radical (unpaired) electrons. The smallest absolute Gasteiger partial charge is 0.223 e. The number of halogens is 1. The first kappa shape index (κ1) is 21.2. The Hall–Kier alpha value is -2.04. The Labute approximate surface area is 184 Å². The van der Waals surface area contributed by atoms with Crippen LogP contribution in [0.4, 0.5) is 0 Å². The Bertz CT molecular complexity index is 919. The summed E-state index contributed by atoms with van der Waals surface area (Å²) < 4.78 is 6.17. The maximum atomic E-state index is 13.1. The van der Waals surface area contributed by atoms with E-state index in [4.69, 9.17) is 16.3 Å². The number of hydrogen-bond donors (Lipinski definition) is 1. The summed E-state index contributed by atoms with van der Waals surface area (Å²) in [6, 6.07) is 14.2. The minimum Gasteiger partial charge on any atom is -0.487 e. The molecule has 5 heteroatoms. The molecule has 2 aromatic rings. The average molecular weight is 427 g/mol. The Balaban J connectivity index is 1.37. The maximum Gasteiger partial charge on any atom is 0.223 e. The van der Waals surface area contributed by atoms with E-state index in [1.165, 1.54) is 5.56 Å². The Kier molecular flexibility index (Phi) is 6.08. The van der Waals surface area contributed by atoms with Crippen LogP contribution in [0.3, 0.4) is 0 Å². The second-order valence-electron chi connectivity index (χ2n) is 9.31. The van der Waals surface area contributed by atoms with Gasteiger partial charge in [0.25, 0.3) is 0 Å². The third-order valence-electron chi connectivity index (χ3n) is 6.25. The van der Waals surface area contributed by atoms with Crippen molar-refractivity contribution in [2.45, 2.75) is 58.2 Å². The molecule has 1 saturated heterocycles. The van der Waals surface area contributed by atoms with Crippen LogP contribution in [-0.2, 0) is 11.3 Å². The van der Waals surface area contributed by atoms with Crippen molar-refractivity contribution in [2.75, 3.05) is 13.1 Å². The van der Waals surface area contributed by atoms with Crippen LogP contribution in [-0.4, -0.2) is 29.5 Å². The molecule has 0 saturated carbocycles. The minimum absolute atomic E-state index is 0.00185. The molecule has 4 rings (SSSR count). The summed E-state index contributed by atoms with van der Waals surface area (Å²) in [6.45, 7) is 8.91. The molecule has 30 heavy (non-hydrogen) atoms. The van der Waals surface area contributed by atoms with Gasteiger partial charge in [-0.25, -0.2) is 0 Å². The van der Waals surface area contributed by atoms with Crippen molar-refractivity contribution in [1.82, 2.24) is 10.2 Å². The molecular formula is C25H31ClN2O2. The number of likely N-dealkylation sites (tertiary alicyclic amines) is 1. The number of amides is 1. The van der Waals surface area contributed by atoms with Crippen LogP contribution in [0.1, 0.15) is 55.8 Å². The summed E-state index contributed by atoms with van der Waals surface area (Å²) in [4.78, 5) is 15.5. The van der Waals surface area contributed by atoms with Crippen LogP contribution >= 0.6 is 11.6 Å². The lowest BCUT2D eigenvalue weighted by Crippen LogP contribution is -2.45. The van der Waals surface area contributed by atoms with Crippen molar-refractivity contribution in [2.24, 2.45) is 5.92 Å². The third kappa shape index (κ3) is 4.81. The minimum atomic E-state index is -0.295. The molecule has 0 aliphatic carbocycles. The van der Waals surface area contributed by atoms with Gasteiger partial charge in [0.05, 0.1) is 6.04 Å². The number of rotatable bonds is 4. The average Bonchev–Trinajstić information content (AvgIpc) is 2.69. The van der Waals surface area contributed by atoms with Crippen molar-refractivity contribution < 1.29 is 9.53 Å². The summed E-state index contributed by atoms with van der Waals surface area (Å²) in [6.07, 6.45) is 2.54. The van der Waals surface area contributed by atoms with E-state index in [9.17, 15) is 4.79 Å². The quantitative estimate of drug-likeness (QED) is 0.723. The zero-order valence-electron chi connectivity index (χ0n) is 18.1. The number of hydrogen-bond acceptors (Lipinski definition) is 3. The summed E-state index contributed by atoms with van der Waals surface area (Å²) in [5.41, 5.74) is 3.11. The summed E-state index contributed by atoms with van der Waals surface area (Å²) in [5, 5.41) is 4.15. The molecule has 2 heterocycles. The number of fused-ring (bicyclic) bond motifs is 1. The molecule has 2 aliphatic heterocycles. The molecular weight excluding hydrogens is 396 g/mol. The normalized spacial score (nSPS) is 21.5. The van der Waals surface area contributed by atoms with Gasteiger partial charge in [-0.3, -0.25) is 9.69 Å². The SMILES string of the molecule is Cc1ccc2c(c1)OC(C)(C)CC2NC(=O)C1CCN(Cc2ccccc2Cl)CC1. The van der Waals surface area contributed by atoms with E-state index in [0.717, 1.165) is 60.8 Å². The number of benzene rings is 2. The van der Waals surface area contributed by atoms with E-state index in [1.807, 2.05) is 18.2 Å². The molecule has 1 amide bonds. The van der Waals surface area contributed by atoms with Crippen molar-refractivity contribution in [3.05, 3.63) is 64.2 Å². The van der Waals surface area contributed by atoms with Gasteiger partial charge < -0.3 is 10.1 Å². The third-order valence-corrected chi connectivity index (χ3v) is 6.62. The lowest BCUT2D eigenvalue weighted by atomic mass is 9.88. The highest BCUT2D eigenvalue weighted by Gasteiger charge is 2.36. The van der Waals surface area contributed by atoms with E-state index in [-0.39, 0.29) is 23.5 Å². The second kappa shape index (κ2) is 8.60. The molecule has 1 fully saturated rings. The van der Waals surface area contributed by atoms with Gasteiger partial charge in [-0.05, 0) is 70.0 Å². The van der Waals surface area contributed by atoms with Crippen LogP contribution < -0.4 is 10.1 Å². The van der Waals surface area contributed by atoms with Gasteiger partial charge in [-0.2, -0.15) is 0 Å². The molecule has 1 atom stereocenters. The number of ether oxygens (including phenoxy) is 1. The van der Waals surface area contributed by atoms with Crippen molar-refractivity contribution in [1.29, 1.82) is 0 Å². The Morgan fingerprint density at radius 1 is 1.20 bits per heavy atom. The van der Waals surface area contributed by atoms with Gasteiger partial charge in [0.2, 0.25) is 5.91 Å². The highest BCUT2D eigenvalue weighted by atomic mass is 35.5. The zero-order valence-corrected chi connectivity index (χ0v) is 18.8. The number of carbonyl (C=O) groups excluding carboxylic acids is 1. The maximum absolute atomic E-state index is 13.1. The molecule has 0 aromatic heterocycles. The van der Waals surface area contributed by atoms with Crippen LogP contribution in [0, 0.1) is 12.8 Å². The number of piperidine rings is 1. The van der Waals surface area contributed by atoms with E-state index >= 15 is 0 Å². The molecule has 0 spiro atoms. The van der Waals surface area contributed by atoms with Gasteiger partial charge in [-0.15, -0.1) is 0 Å². The highest BCUT2D eigenvalue weighted by molar-refractivity contribution is 6.31. The van der Waals surface area contributed by atoms with Gasteiger partial charge in [0.15, 0.2) is 0 Å². The molecule has 1 unspecified atom stereocenters. The van der Waals surface area contributed by atoms with Gasteiger partial charge in [0, 0.05) is 29.5 Å². The van der Waals surface area contributed by atoms with Gasteiger partial charge in [-0.1, -0.05) is 41.9 Å². The lowest BCUT2D eigenvalue weighted by molar-refractivity contribution is -0.127. The molecule has 0 bridgehead atoms. The number of nitrogens with zero attached hydrogens (tertiary/aromatic N) is 1. The van der Waals surface area contributed by atoms with Crippen molar-refractivity contribution >= 4 is 17.5 Å². The van der Waals surface area contributed by atoms with E-state index in [1.54, 1.807) is 0 Å². The molecule has 160 valence electrons. The fraction of sp³-hybridized carbons (Fsp3) is 0.480. The van der Waals surface area contributed by atoms with Crippen LogP contribution in [0.25, 0.3) is 0 Å². The van der Waals surface area contributed by atoms with Crippen LogP contribution in [0.2, 0.25) is 5.02 Å². The summed E-state index contributed by atoms with van der Waals surface area (Å²) in [7, 11) is 0. The second-order valence-corrected chi connectivity index (χ2v) is 9.72. The highest BCUT2D eigenvalue weighted by Crippen LogP contribution is 2.40. The molecule has 2 aliphatic rings. The first-order chi connectivity index (χ1) is 14.3. The molecule has 1 N–H and O–H groups in total. The lowest BCUT2D eigenvalue weighted by Gasteiger charge is -2.39.